The molecule has 0 fully saturated rings. The van der Waals surface area contributed by atoms with Crippen LogP contribution < -0.4 is 16.6 Å². The zero-order chi connectivity index (χ0) is 14.6. The monoisotopic (exact) mass is 296 g/mol. The molecule has 0 amide bonds. The molecule has 5 nitrogen and oxygen atoms in total. The first kappa shape index (κ1) is 15.7. The maximum absolute atomic E-state index is 12.7. The first-order valence-corrected chi connectivity index (χ1v) is 7.07. The number of halogens is 3. The fourth-order valence-corrected chi connectivity index (χ4v) is 2.28. The zero-order valence-corrected chi connectivity index (χ0v) is 11.2. The molecular formula is C10H15F3N4OS. The molecular weight excluding hydrogens is 281 g/mol. The number of aromatic nitrogens is 1. The van der Waals surface area contributed by atoms with Crippen molar-refractivity contribution >= 4 is 22.4 Å². The van der Waals surface area contributed by atoms with E-state index >= 15 is 0 Å². The van der Waals surface area contributed by atoms with Gasteiger partial charge in [0.1, 0.15) is 11.6 Å². The van der Waals surface area contributed by atoms with Gasteiger partial charge in [-0.3, -0.25) is 4.21 Å². The minimum absolute atomic E-state index is 0.0284. The highest BCUT2D eigenvalue weighted by Gasteiger charge is 2.31. The average Bonchev–Trinajstić information content (AvgIpc) is 2.25. The molecule has 1 heterocycles. The molecule has 1 rings (SSSR count). The van der Waals surface area contributed by atoms with Crippen LogP contribution in [-0.4, -0.2) is 27.2 Å². The Hall–Kier alpha value is -1.35. The van der Waals surface area contributed by atoms with E-state index in [0.717, 1.165) is 12.1 Å². The van der Waals surface area contributed by atoms with Gasteiger partial charge in [-0.05, 0) is 19.1 Å². The summed E-state index contributed by atoms with van der Waals surface area (Å²) >= 11 is 0. The first-order valence-electron chi connectivity index (χ1n) is 5.35. The molecule has 4 N–H and O–H groups in total. The number of rotatable bonds is 5. The van der Waals surface area contributed by atoms with E-state index in [9.17, 15) is 17.4 Å². The minimum Gasteiger partial charge on any atom is -0.367 e. The second-order valence-electron chi connectivity index (χ2n) is 4.05. The van der Waals surface area contributed by atoms with E-state index < -0.39 is 22.5 Å². The largest absolute Gasteiger partial charge is 0.416 e. The number of nitrogens with one attached hydrogen (secondary N) is 2. The van der Waals surface area contributed by atoms with E-state index in [0.29, 0.717) is 5.75 Å². The van der Waals surface area contributed by atoms with Gasteiger partial charge in [-0.15, -0.1) is 0 Å². The van der Waals surface area contributed by atoms with Crippen molar-refractivity contribution in [2.45, 2.75) is 19.1 Å². The zero-order valence-electron chi connectivity index (χ0n) is 10.4. The lowest BCUT2D eigenvalue weighted by atomic mass is 10.2. The third-order valence-electron chi connectivity index (χ3n) is 2.18. The molecule has 0 bridgehead atoms. The highest BCUT2D eigenvalue weighted by Crippen LogP contribution is 2.31. The van der Waals surface area contributed by atoms with E-state index in [4.69, 9.17) is 5.84 Å². The van der Waals surface area contributed by atoms with Crippen molar-refractivity contribution in [2.24, 2.45) is 5.84 Å². The van der Waals surface area contributed by atoms with Crippen LogP contribution in [0.2, 0.25) is 0 Å². The van der Waals surface area contributed by atoms with Crippen LogP contribution in [-0.2, 0) is 17.0 Å². The van der Waals surface area contributed by atoms with Crippen molar-refractivity contribution in [3.05, 3.63) is 17.7 Å². The van der Waals surface area contributed by atoms with Crippen molar-refractivity contribution in [1.29, 1.82) is 0 Å². The SMILES string of the molecule is CC(CS(C)=O)Nc1cc(C(F)(F)F)cc(NN)n1. The van der Waals surface area contributed by atoms with Crippen LogP contribution in [0.4, 0.5) is 24.8 Å². The van der Waals surface area contributed by atoms with E-state index in [1.165, 1.54) is 6.26 Å². The predicted octanol–water partition coefficient (Wildman–Crippen LogP) is 1.56. The Bertz CT molecular complexity index is 467. The summed E-state index contributed by atoms with van der Waals surface area (Å²) in [6.45, 7) is 1.71. The highest BCUT2D eigenvalue weighted by atomic mass is 32.2. The molecule has 1 aromatic heterocycles. The lowest BCUT2D eigenvalue weighted by Crippen LogP contribution is -2.23. The fraction of sp³-hybridized carbons (Fsp3) is 0.500. The number of nitrogen functional groups attached to an aromatic ring is 1. The Kier molecular flexibility index (Phi) is 5.12. The van der Waals surface area contributed by atoms with Gasteiger partial charge in [-0.2, -0.15) is 13.2 Å². The number of nitrogens with two attached hydrogens (primary N) is 1. The number of anilines is 2. The second kappa shape index (κ2) is 6.20. The molecule has 0 radical (unpaired) electrons. The Balaban J connectivity index is 2.97. The lowest BCUT2D eigenvalue weighted by Gasteiger charge is -2.16. The topological polar surface area (TPSA) is 80.0 Å². The number of hydrogen-bond donors (Lipinski definition) is 3. The normalized spacial score (nSPS) is 14.8. The molecule has 0 spiro atoms. The molecule has 0 saturated carbocycles. The molecule has 0 aliphatic rings. The van der Waals surface area contributed by atoms with Gasteiger partial charge in [0.05, 0.1) is 5.56 Å². The molecule has 0 aliphatic carbocycles. The van der Waals surface area contributed by atoms with Gasteiger partial charge < -0.3 is 10.7 Å². The van der Waals surface area contributed by atoms with Gasteiger partial charge in [-0.25, -0.2) is 10.8 Å². The fourth-order valence-electron chi connectivity index (χ4n) is 1.49. The predicted molar refractivity (Wildman–Crippen MR) is 69.1 cm³/mol. The van der Waals surface area contributed by atoms with Crippen LogP contribution in [0.1, 0.15) is 12.5 Å². The summed E-state index contributed by atoms with van der Waals surface area (Å²) < 4.78 is 49.0. The maximum Gasteiger partial charge on any atom is 0.416 e. The van der Waals surface area contributed by atoms with E-state index in [-0.39, 0.29) is 17.7 Å². The number of hydrogen-bond acceptors (Lipinski definition) is 5. The Morgan fingerprint density at radius 1 is 1.42 bits per heavy atom. The summed E-state index contributed by atoms with van der Waals surface area (Å²) in [5, 5.41) is 2.76. The second-order valence-corrected chi connectivity index (χ2v) is 5.53. The van der Waals surface area contributed by atoms with Crippen molar-refractivity contribution in [2.75, 3.05) is 22.8 Å². The molecule has 108 valence electrons. The summed E-state index contributed by atoms with van der Waals surface area (Å²) in [4.78, 5) is 3.87. The molecule has 0 aliphatic heterocycles. The van der Waals surface area contributed by atoms with Gasteiger partial charge in [-0.1, -0.05) is 0 Å². The van der Waals surface area contributed by atoms with Crippen molar-refractivity contribution in [3.63, 3.8) is 0 Å². The van der Waals surface area contributed by atoms with E-state index in [1.54, 1.807) is 6.92 Å². The van der Waals surface area contributed by atoms with E-state index in [2.05, 4.69) is 15.7 Å². The standard InChI is InChI=1S/C10H15F3N4OS/c1-6(5-19(2)18)15-8-3-7(10(11,12)13)4-9(16-8)17-14/h3-4,6H,5,14H2,1-2H3,(H2,15,16,17). The maximum atomic E-state index is 12.7. The third kappa shape index (κ3) is 5.03. The van der Waals surface area contributed by atoms with Crippen LogP contribution >= 0.6 is 0 Å². The van der Waals surface area contributed by atoms with Gasteiger partial charge in [0, 0.05) is 28.9 Å². The molecule has 2 unspecified atom stereocenters. The number of nitrogens with zero attached hydrogens (tertiary/aromatic N) is 1. The van der Waals surface area contributed by atoms with E-state index in [1.807, 2.05) is 0 Å². The average molecular weight is 296 g/mol. The van der Waals surface area contributed by atoms with Gasteiger partial charge in [0.15, 0.2) is 0 Å². The Morgan fingerprint density at radius 2 is 2.00 bits per heavy atom. The number of alkyl halides is 3. The van der Waals surface area contributed by atoms with Gasteiger partial charge in [0.2, 0.25) is 0 Å². The quantitative estimate of drug-likeness (QED) is 0.567. The van der Waals surface area contributed by atoms with Crippen molar-refractivity contribution in [1.82, 2.24) is 4.98 Å². The van der Waals surface area contributed by atoms with Gasteiger partial charge in [0.25, 0.3) is 0 Å². The van der Waals surface area contributed by atoms with Crippen LogP contribution in [0.3, 0.4) is 0 Å². The molecule has 1 aromatic rings. The van der Waals surface area contributed by atoms with Crippen LogP contribution in [0.25, 0.3) is 0 Å². The number of pyridine rings is 1. The Morgan fingerprint density at radius 3 is 2.47 bits per heavy atom. The van der Waals surface area contributed by atoms with Gasteiger partial charge >= 0.3 is 6.18 Å². The number of hydrazine groups is 1. The van der Waals surface area contributed by atoms with Crippen LogP contribution in [0, 0.1) is 0 Å². The van der Waals surface area contributed by atoms with Crippen LogP contribution in [0.5, 0.6) is 0 Å². The highest BCUT2D eigenvalue weighted by molar-refractivity contribution is 7.84. The molecule has 0 saturated heterocycles. The van der Waals surface area contributed by atoms with Crippen molar-refractivity contribution < 1.29 is 17.4 Å². The minimum atomic E-state index is -4.48. The molecule has 19 heavy (non-hydrogen) atoms. The smallest absolute Gasteiger partial charge is 0.367 e. The van der Waals surface area contributed by atoms with Crippen LogP contribution in [0.15, 0.2) is 12.1 Å². The molecule has 2 atom stereocenters. The summed E-state index contributed by atoms with van der Waals surface area (Å²) in [6.07, 6.45) is -2.97. The summed E-state index contributed by atoms with van der Waals surface area (Å²) in [7, 11) is -1.05. The van der Waals surface area contributed by atoms with Crippen molar-refractivity contribution in [3.8, 4) is 0 Å². The first-order chi connectivity index (χ1) is 8.72. The third-order valence-corrected chi connectivity index (χ3v) is 3.15. The summed E-state index contributed by atoms with van der Waals surface area (Å²) in [5.74, 6) is 5.33. The Labute approximate surface area is 111 Å². The summed E-state index contributed by atoms with van der Waals surface area (Å²) in [5.41, 5.74) is 1.22. The molecule has 9 heteroatoms. The molecule has 0 aromatic carbocycles. The summed E-state index contributed by atoms with van der Waals surface area (Å²) in [6, 6.07) is 1.43. The lowest BCUT2D eigenvalue weighted by molar-refractivity contribution is -0.137.